The van der Waals surface area contributed by atoms with E-state index in [2.05, 4.69) is 15.6 Å². The van der Waals surface area contributed by atoms with E-state index in [0.29, 0.717) is 12.2 Å². The Morgan fingerprint density at radius 2 is 2.33 bits per heavy atom. The van der Waals surface area contributed by atoms with Gasteiger partial charge in [-0.3, -0.25) is 14.6 Å². The number of nitrogens with one attached hydrogen (secondary N) is 2. The van der Waals surface area contributed by atoms with Crippen molar-refractivity contribution in [3.8, 4) is 0 Å². The van der Waals surface area contributed by atoms with Crippen LogP contribution >= 0.6 is 0 Å². The number of aromatic nitrogens is 1. The highest BCUT2D eigenvalue weighted by molar-refractivity contribution is 5.99. The summed E-state index contributed by atoms with van der Waals surface area (Å²) in [6, 6.07) is 1.83. The average molecular weight is 248 g/mol. The lowest BCUT2D eigenvalue weighted by Crippen LogP contribution is -2.25. The maximum absolute atomic E-state index is 12.0. The Labute approximate surface area is 105 Å². The molecule has 0 radical (unpaired) electrons. The molecule has 18 heavy (non-hydrogen) atoms. The molecule has 0 saturated carbocycles. The molecule has 0 aromatic carbocycles. The number of amides is 2. The van der Waals surface area contributed by atoms with Crippen LogP contribution in [-0.4, -0.2) is 37.4 Å². The van der Waals surface area contributed by atoms with Crippen molar-refractivity contribution in [1.82, 2.24) is 10.3 Å². The number of anilines is 2. The minimum atomic E-state index is -0.298. The zero-order valence-electron chi connectivity index (χ0n) is 10.4. The lowest BCUT2D eigenvalue weighted by Gasteiger charge is -2.18. The molecular formula is C12H16N4O2. The summed E-state index contributed by atoms with van der Waals surface area (Å²) < 4.78 is 0. The molecule has 1 saturated heterocycles. The Hall–Kier alpha value is -2.11. The number of carbonyl (C=O) groups excluding carboxylic acids is 2. The molecule has 1 aliphatic heterocycles. The van der Waals surface area contributed by atoms with E-state index in [9.17, 15) is 9.59 Å². The van der Waals surface area contributed by atoms with Crippen molar-refractivity contribution in [2.45, 2.75) is 6.42 Å². The van der Waals surface area contributed by atoms with Crippen LogP contribution in [0.15, 0.2) is 18.5 Å². The molecular weight excluding hydrogens is 232 g/mol. The molecule has 0 aliphatic carbocycles. The summed E-state index contributed by atoms with van der Waals surface area (Å²) >= 11 is 0. The van der Waals surface area contributed by atoms with Crippen LogP contribution in [0.2, 0.25) is 0 Å². The van der Waals surface area contributed by atoms with Gasteiger partial charge in [-0.1, -0.05) is 0 Å². The monoisotopic (exact) mass is 248 g/mol. The zero-order chi connectivity index (χ0) is 13.1. The lowest BCUT2D eigenvalue weighted by atomic mass is 10.1. The minimum Gasteiger partial charge on any atom is -0.376 e. The van der Waals surface area contributed by atoms with Crippen molar-refractivity contribution in [3.05, 3.63) is 18.5 Å². The third-order valence-corrected chi connectivity index (χ3v) is 2.89. The van der Waals surface area contributed by atoms with Crippen LogP contribution in [0.25, 0.3) is 0 Å². The van der Waals surface area contributed by atoms with Crippen molar-refractivity contribution >= 4 is 23.2 Å². The molecule has 2 N–H and O–H groups in total. The largest absolute Gasteiger partial charge is 0.376 e. The fraction of sp³-hybridized carbons (Fsp3) is 0.417. The molecule has 6 heteroatoms. The third kappa shape index (κ3) is 2.58. The van der Waals surface area contributed by atoms with E-state index in [1.165, 1.54) is 0 Å². The topological polar surface area (TPSA) is 74.3 Å². The molecule has 1 aromatic rings. The highest BCUT2D eigenvalue weighted by Gasteiger charge is 2.28. The fourth-order valence-corrected chi connectivity index (χ4v) is 1.90. The van der Waals surface area contributed by atoms with E-state index in [1.54, 1.807) is 12.4 Å². The zero-order valence-corrected chi connectivity index (χ0v) is 10.4. The van der Waals surface area contributed by atoms with E-state index in [4.69, 9.17) is 0 Å². The maximum atomic E-state index is 12.0. The molecule has 2 heterocycles. The molecule has 2 rings (SSSR count). The summed E-state index contributed by atoms with van der Waals surface area (Å²) in [4.78, 5) is 29.0. The molecule has 6 nitrogen and oxygen atoms in total. The van der Waals surface area contributed by atoms with E-state index < -0.39 is 0 Å². The van der Waals surface area contributed by atoms with Crippen LogP contribution in [0.3, 0.4) is 0 Å². The second-order valence-electron chi connectivity index (χ2n) is 4.48. The second kappa shape index (κ2) is 5.03. The van der Waals surface area contributed by atoms with Crippen molar-refractivity contribution in [2.24, 2.45) is 5.92 Å². The first-order chi connectivity index (χ1) is 8.58. The van der Waals surface area contributed by atoms with Gasteiger partial charge < -0.3 is 15.5 Å². The van der Waals surface area contributed by atoms with Crippen molar-refractivity contribution < 1.29 is 9.59 Å². The van der Waals surface area contributed by atoms with Gasteiger partial charge in [0, 0.05) is 33.3 Å². The summed E-state index contributed by atoms with van der Waals surface area (Å²) in [5, 5.41) is 5.47. The normalized spacial score (nSPS) is 18.3. The Bertz CT molecular complexity index is 473. The van der Waals surface area contributed by atoms with E-state index in [-0.39, 0.29) is 24.2 Å². The Morgan fingerprint density at radius 3 is 2.94 bits per heavy atom. The standard InChI is InChI=1S/C12H16N4O2/c1-16(2)10-3-4-13-7-9(10)15-12(18)8-5-11(17)14-6-8/h3-4,7-8H,5-6H2,1-2H3,(H,14,17)(H,15,18). The number of pyridine rings is 1. The van der Waals surface area contributed by atoms with Gasteiger partial charge in [0.1, 0.15) is 0 Å². The molecule has 0 spiro atoms. The van der Waals surface area contributed by atoms with Gasteiger partial charge in [0.25, 0.3) is 0 Å². The van der Waals surface area contributed by atoms with E-state index in [1.807, 2.05) is 25.1 Å². The van der Waals surface area contributed by atoms with Crippen molar-refractivity contribution in [3.63, 3.8) is 0 Å². The van der Waals surface area contributed by atoms with Crippen LogP contribution in [0.1, 0.15) is 6.42 Å². The maximum Gasteiger partial charge on any atom is 0.229 e. The number of rotatable bonds is 3. The molecule has 1 fully saturated rings. The second-order valence-corrected chi connectivity index (χ2v) is 4.48. The van der Waals surface area contributed by atoms with E-state index in [0.717, 1.165) is 5.69 Å². The number of hydrogen-bond donors (Lipinski definition) is 2. The van der Waals surface area contributed by atoms with Gasteiger partial charge >= 0.3 is 0 Å². The summed E-state index contributed by atoms with van der Waals surface area (Å²) in [5.41, 5.74) is 1.54. The Morgan fingerprint density at radius 1 is 1.56 bits per heavy atom. The van der Waals surface area contributed by atoms with Crippen molar-refractivity contribution in [1.29, 1.82) is 0 Å². The third-order valence-electron chi connectivity index (χ3n) is 2.89. The SMILES string of the molecule is CN(C)c1ccncc1NC(=O)C1CNC(=O)C1. The molecule has 2 amide bonds. The van der Waals surface area contributed by atoms with Crippen LogP contribution in [-0.2, 0) is 9.59 Å². The predicted molar refractivity (Wildman–Crippen MR) is 68.3 cm³/mol. The highest BCUT2D eigenvalue weighted by atomic mass is 16.2. The summed E-state index contributed by atoms with van der Waals surface area (Å²) in [7, 11) is 3.79. The first-order valence-electron chi connectivity index (χ1n) is 5.77. The average Bonchev–Trinajstić information content (AvgIpc) is 2.76. The fourth-order valence-electron chi connectivity index (χ4n) is 1.90. The first-order valence-corrected chi connectivity index (χ1v) is 5.77. The number of nitrogens with zero attached hydrogens (tertiary/aromatic N) is 2. The van der Waals surface area contributed by atoms with Gasteiger partial charge in [0.15, 0.2) is 0 Å². The minimum absolute atomic E-state index is 0.0748. The lowest BCUT2D eigenvalue weighted by molar-refractivity contribution is -0.123. The quantitative estimate of drug-likeness (QED) is 0.802. The van der Waals surface area contributed by atoms with E-state index >= 15 is 0 Å². The molecule has 1 unspecified atom stereocenters. The van der Waals surface area contributed by atoms with Gasteiger partial charge in [-0.2, -0.15) is 0 Å². The van der Waals surface area contributed by atoms with Crippen LogP contribution in [0, 0.1) is 5.92 Å². The van der Waals surface area contributed by atoms with Gasteiger partial charge in [-0.25, -0.2) is 0 Å². The van der Waals surface area contributed by atoms with Crippen LogP contribution < -0.4 is 15.5 Å². The molecule has 0 bridgehead atoms. The Balaban J connectivity index is 2.09. The number of hydrogen-bond acceptors (Lipinski definition) is 4. The van der Waals surface area contributed by atoms with Gasteiger partial charge in [0.05, 0.1) is 23.5 Å². The van der Waals surface area contributed by atoms with Crippen molar-refractivity contribution in [2.75, 3.05) is 30.9 Å². The summed E-state index contributed by atoms with van der Waals surface area (Å²) in [6.07, 6.45) is 3.53. The highest BCUT2D eigenvalue weighted by Crippen LogP contribution is 2.23. The van der Waals surface area contributed by atoms with Gasteiger partial charge in [-0.05, 0) is 6.07 Å². The predicted octanol–water partition coefficient (Wildman–Crippen LogP) is 0.222. The smallest absolute Gasteiger partial charge is 0.229 e. The van der Waals surface area contributed by atoms with Crippen LogP contribution in [0.4, 0.5) is 11.4 Å². The van der Waals surface area contributed by atoms with Gasteiger partial charge in [-0.15, -0.1) is 0 Å². The molecule has 96 valence electrons. The molecule has 1 atom stereocenters. The first kappa shape index (κ1) is 12.3. The molecule has 1 aliphatic rings. The Kier molecular flexibility index (Phi) is 3.45. The van der Waals surface area contributed by atoms with Gasteiger partial charge in [0.2, 0.25) is 11.8 Å². The summed E-state index contributed by atoms with van der Waals surface area (Å²) in [6.45, 7) is 0.405. The molecule has 1 aromatic heterocycles. The summed E-state index contributed by atoms with van der Waals surface area (Å²) in [5.74, 6) is -0.522. The van der Waals surface area contributed by atoms with Crippen LogP contribution in [0.5, 0.6) is 0 Å². The number of carbonyl (C=O) groups is 2.